The Labute approximate surface area is 102 Å². The molecule has 0 spiro atoms. The molecule has 0 bridgehead atoms. The van der Waals surface area contributed by atoms with E-state index in [1.165, 1.54) is 6.07 Å². The quantitative estimate of drug-likeness (QED) is 0.924. The fraction of sp³-hybridized carbons (Fsp3) is 0.417. The first-order valence-corrected chi connectivity index (χ1v) is 6.13. The van der Waals surface area contributed by atoms with Gasteiger partial charge in [0, 0.05) is 18.9 Å². The minimum Gasteiger partial charge on any atom is -0.316 e. The highest BCUT2D eigenvalue weighted by Crippen LogP contribution is 2.19. The van der Waals surface area contributed by atoms with Gasteiger partial charge in [-0.2, -0.15) is 0 Å². The molecule has 4 heteroatoms. The van der Waals surface area contributed by atoms with Crippen LogP contribution >= 0.6 is 15.9 Å². The van der Waals surface area contributed by atoms with Crippen LogP contribution in [0.15, 0.2) is 22.7 Å². The molecule has 1 aliphatic heterocycles. The van der Waals surface area contributed by atoms with Gasteiger partial charge in [-0.05, 0) is 46.6 Å². The van der Waals surface area contributed by atoms with Crippen molar-refractivity contribution in [1.82, 2.24) is 5.32 Å². The third-order valence-corrected chi connectivity index (χ3v) is 3.49. The van der Waals surface area contributed by atoms with E-state index in [2.05, 4.69) is 21.2 Å². The Balaban J connectivity index is 2.02. The Morgan fingerprint density at radius 2 is 2.38 bits per heavy atom. The number of benzene rings is 1. The van der Waals surface area contributed by atoms with Gasteiger partial charge in [-0.25, -0.2) is 4.39 Å². The van der Waals surface area contributed by atoms with E-state index >= 15 is 0 Å². The van der Waals surface area contributed by atoms with Crippen molar-refractivity contribution in [3.05, 3.63) is 34.1 Å². The summed E-state index contributed by atoms with van der Waals surface area (Å²) < 4.78 is 13.4. The maximum absolute atomic E-state index is 13.0. The van der Waals surface area contributed by atoms with E-state index < -0.39 is 0 Å². The smallest absolute Gasteiger partial charge is 0.141 e. The van der Waals surface area contributed by atoms with Crippen LogP contribution in [0.5, 0.6) is 0 Å². The number of halogens is 2. The van der Waals surface area contributed by atoms with Crippen molar-refractivity contribution in [3.63, 3.8) is 0 Å². The minimum atomic E-state index is -0.293. The van der Waals surface area contributed by atoms with Crippen LogP contribution in [0, 0.1) is 11.7 Å². The highest BCUT2D eigenvalue weighted by molar-refractivity contribution is 9.10. The molecule has 1 unspecified atom stereocenters. The minimum absolute atomic E-state index is 0.129. The molecule has 16 heavy (non-hydrogen) atoms. The summed E-state index contributed by atoms with van der Waals surface area (Å²) in [7, 11) is 0. The largest absolute Gasteiger partial charge is 0.316 e. The van der Waals surface area contributed by atoms with Gasteiger partial charge < -0.3 is 5.32 Å². The summed E-state index contributed by atoms with van der Waals surface area (Å²) in [5, 5.41) is 3.17. The predicted molar refractivity (Wildman–Crippen MR) is 63.8 cm³/mol. The zero-order chi connectivity index (χ0) is 11.5. The summed E-state index contributed by atoms with van der Waals surface area (Å²) in [6.45, 7) is 1.70. The lowest BCUT2D eigenvalue weighted by molar-refractivity contribution is -0.121. The maximum atomic E-state index is 13.0. The number of carbonyl (C=O) groups excluding carboxylic acids is 1. The number of nitrogens with one attached hydrogen (secondary N) is 1. The second-order valence-electron chi connectivity index (χ2n) is 4.08. The van der Waals surface area contributed by atoms with Crippen molar-refractivity contribution in [2.24, 2.45) is 5.92 Å². The first-order chi connectivity index (χ1) is 7.66. The summed E-state index contributed by atoms with van der Waals surface area (Å²) in [6, 6.07) is 4.73. The van der Waals surface area contributed by atoms with Gasteiger partial charge >= 0.3 is 0 Å². The van der Waals surface area contributed by atoms with Gasteiger partial charge in [-0.15, -0.1) is 0 Å². The topological polar surface area (TPSA) is 29.1 Å². The lowest BCUT2D eigenvalue weighted by Crippen LogP contribution is -2.19. The van der Waals surface area contributed by atoms with Gasteiger partial charge in [-0.3, -0.25) is 4.79 Å². The zero-order valence-electron chi connectivity index (χ0n) is 8.80. The van der Waals surface area contributed by atoms with Crippen molar-refractivity contribution >= 4 is 21.7 Å². The first-order valence-electron chi connectivity index (χ1n) is 5.34. The standard InChI is InChI=1S/C12H13BrFNO/c13-10-5-8(1-2-11(10)14)6-12(16)9-3-4-15-7-9/h1-2,5,9,15H,3-4,6-7H2. The molecular formula is C12H13BrFNO. The van der Waals surface area contributed by atoms with Crippen molar-refractivity contribution in [1.29, 1.82) is 0 Å². The van der Waals surface area contributed by atoms with Crippen molar-refractivity contribution in [3.8, 4) is 0 Å². The van der Waals surface area contributed by atoms with Gasteiger partial charge in [-0.1, -0.05) is 6.07 Å². The van der Waals surface area contributed by atoms with Gasteiger partial charge in [0.25, 0.3) is 0 Å². The van der Waals surface area contributed by atoms with Crippen LogP contribution in [0.3, 0.4) is 0 Å². The van der Waals surface area contributed by atoms with E-state index in [1.807, 2.05) is 0 Å². The zero-order valence-corrected chi connectivity index (χ0v) is 10.4. The van der Waals surface area contributed by atoms with E-state index in [9.17, 15) is 9.18 Å². The van der Waals surface area contributed by atoms with E-state index in [-0.39, 0.29) is 17.5 Å². The van der Waals surface area contributed by atoms with E-state index in [0.717, 1.165) is 25.1 Å². The molecule has 0 radical (unpaired) electrons. The molecule has 1 atom stereocenters. The number of carbonyl (C=O) groups is 1. The normalized spacial score (nSPS) is 20.0. The molecular weight excluding hydrogens is 273 g/mol. The lowest BCUT2D eigenvalue weighted by Gasteiger charge is -2.07. The van der Waals surface area contributed by atoms with Crippen LogP contribution in [-0.2, 0) is 11.2 Å². The third-order valence-electron chi connectivity index (χ3n) is 2.88. The van der Waals surface area contributed by atoms with E-state index in [0.29, 0.717) is 10.9 Å². The molecule has 0 aliphatic carbocycles. The van der Waals surface area contributed by atoms with Gasteiger partial charge in [0.05, 0.1) is 4.47 Å². The molecule has 2 nitrogen and oxygen atoms in total. The number of hydrogen-bond acceptors (Lipinski definition) is 2. The average Bonchev–Trinajstić information content (AvgIpc) is 2.77. The first kappa shape index (κ1) is 11.7. The van der Waals surface area contributed by atoms with Crippen LogP contribution < -0.4 is 5.32 Å². The molecule has 1 aliphatic rings. The lowest BCUT2D eigenvalue weighted by atomic mass is 9.97. The van der Waals surface area contributed by atoms with Crippen LogP contribution in [0.2, 0.25) is 0 Å². The second kappa shape index (κ2) is 5.06. The summed E-state index contributed by atoms with van der Waals surface area (Å²) >= 11 is 3.12. The Bertz CT molecular complexity index is 402. The Morgan fingerprint density at radius 3 is 3.00 bits per heavy atom. The third kappa shape index (κ3) is 2.68. The fourth-order valence-corrected chi connectivity index (χ4v) is 2.35. The molecule has 1 saturated heterocycles. The molecule has 0 amide bonds. The molecule has 1 N–H and O–H groups in total. The molecule has 2 rings (SSSR count). The summed E-state index contributed by atoms with van der Waals surface area (Å²) in [4.78, 5) is 11.9. The van der Waals surface area contributed by atoms with Crippen LogP contribution in [-0.4, -0.2) is 18.9 Å². The van der Waals surface area contributed by atoms with Crippen LogP contribution in [0.1, 0.15) is 12.0 Å². The molecule has 1 aromatic carbocycles. The average molecular weight is 286 g/mol. The molecule has 1 heterocycles. The van der Waals surface area contributed by atoms with E-state index in [1.54, 1.807) is 12.1 Å². The summed E-state index contributed by atoms with van der Waals surface area (Å²) in [5.41, 5.74) is 0.866. The van der Waals surface area contributed by atoms with Gasteiger partial charge in [0.15, 0.2) is 0 Å². The van der Waals surface area contributed by atoms with E-state index in [4.69, 9.17) is 0 Å². The Kier molecular flexibility index (Phi) is 3.71. The molecule has 86 valence electrons. The summed E-state index contributed by atoms with van der Waals surface area (Å²) in [6.07, 6.45) is 1.31. The van der Waals surface area contributed by atoms with Crippen LogP contribution in [0.4, 0.5) is 4.39 Å². The SMILES string of the molecule is O=C(Cc1ccc(F)c(Br)c1)C1CCNC1. The number of hydrogen-bond donors (Lipinski definition) is 1. The Morgan fingerprint density at radius 1 is 1.56 bits per heavy atom. The van der Waals surface area contributed by atoms with Crippen molar-refractivity contribution in [2.75, 3.05) is 13.1 Å². The number of ketones is 1. The fourth-order valence-electron chi connectivity index (χ4n) is 1.92. The predicted octanol–water partition coefficient (Wildman–Crippen LogP) is 2.31. The van der Waals surface area contributed by atoms with Crippen LogP contribution in [0.25, 0.3) is 0 Å². The summed E-state index contributed by atoms with van der Waals surface area (Å²) in [5.74, 6) is 0.0751. The van der Waals surface area contributed by atoms with Crippen molar-refractivity contribution in [2.45, 2.75) is 12.8 Å². The second-order valence-corrected chi connectivity index (χ2v) is 4.94. The highest BCUT2D eigenvalue weighted by Gasteiger charge is 2.22. The monoisotopic (exact) mass is 285 g/mol. The molecule has 1 fully saturated rings. The van der Waals surface area contributed by atoms with Crippen molar-refractivity contribution < 1.29 is 9.18 Å². The van der Waals surface area contributed by atoms with Gasteiger partial charge in [0.2, 0.25) is 0 Å². The molecule has 1 aromatic rings. The molecule has 0 saturated carbocycles. The maximum Gasteiger partial charge on any atom is 0.141 e. The number of rotatable bonds is 3. The highest BCUT2D eigenvalue weighted by atomic mass is 79.9. The Hall–Kier alpha value is -0.740. The molecule has 0 aromatic heterocycles. The number of Topliss-reactive ketones (excluding diaryl/α,β-unsaturated/α-hetero) is 1. The van der Waals surface area contributed by atoms with Gasteiger partial charge in [0.1, 0.15) is 11.6 Å².